The molecule has 6 atom stereocenters. The Morgan fingerprint density at radius 3 is 2.53 bits per heavy atom. The first-order chi connectivity index (χ1) is 7.17. The van der Waals surface area contributed by atoms with Gasteiger partial charge in [-0.2, -0.15) is 0 Å². The average Bonchev–Trinajstić information content (AvgIpc) is 2.66. The lowest BCUT2D eigenvalue weighted by Gasteiger charge is -2.38. The zero-order valence-corrected chi connectivity index (χ0v) is 10.3. The van der Waals surface area contributed by atoms with Crippen LogP contribution in [0.1, 0.15) is 6.42 Å². The van der Waals surface area contributed by atoms with Gasteiger partial charge in [-0.25, -0.2) is 0 Å². The summed E-state index contributed by atoms with van der Waals surface area (Å²) >= 11 is 2.22. The molecule has 2 saturated heterocycles. The lowest BCUT2D eigenvalue weighted by molar-refractivity contribution is -0.217. The number of fused-ring (bicyclic) bond motifs is 1. The van der Waals surface area contributed by atoms with E-state index in [1.807, 2.05) is 0 Å². The minimum atomic E-state index is -1.07. The van der Waals surface area contributed by atoms with Gasteiger partial charge < -0.3 is 24.8 Å². The van der Waals surface area contributed by atoms with E-state index in [1.54, 1.807) is 0 Å². The minimum Gasteiger partial charge on any atom is -0.394 e. The number of rotatable bonds is 2. The van der Waals surface area contributed by atoms with Gasteiger partial charge >= 0.3 is 0 Å². The third-order valence-corrected chi connectivity index (χ3v) is 3.96. The molecule has 0 aromatic carbocycles. The van der Waals surface area contributed by atoms with Crippen LogP contribution in [0.5, 0.6) is 0 Å². The SMILES string of the molecule is OCC1O[C@@H]2CC(CI)OC2C(O)[C@H]1O. The van der Waals surface area contributed by atoms with Crippen molar-refractivity contribution in [1.29, 1.82) is 0 Å². The van der Waals surface area contributed by atoms with Crippen LogP contribution in [0.15, 0.2) is 0 Å². The van der Waals surface area contributed by atoms with Gasteiger partial charge in [0.25, 0.3) is 0 Å². The Morgan fingerprint density at radius 1 is 1.20 bits per heavy atom. The van der Waals surface area contributed by atoms with E-state index in [9.17, 15) is 10.2 Å². The van der Waals surface area contributed by atoms with Gasteiger partial charge in [0.05, 0.1) is 18.8 Å². The summed E-state index contributed by atoms with van der Waals surface area (Å²) in [5.74, 6) is 0. The molecule has 88 valence electrons. The fraction of sp³-hybridized carbons (Fsp3) is 1.00. The number of halogens is 1. The first-order valence-electron chi connectivity index (χ1n) is 5.01. The molecule has 2 aliphatic rings. The molecule has 0 bridgehead atoms. The number of aliphatic hydroxyl groups is 3. The molecule has 0 spiro atoms. The van der Waals surface area contributed by atoms with Crippen LogP contribution in [0, 0.1) is 0 Å². The summed E-state index contributed by atoms with van der Waals surface area (Å²) in [6.45, 7) is -0.281. The molecule has 15 heavy (non-hydrogen) atoms. The summed E-state index contributed by atoms with van der Waals surface area (Å²) in [7, 11) is 0. The maximum atomic E-state index is 9.79. The van der Waals surface area contributed by atoms with Crippen LogP contribution in [0.3, 0.4) is 0 Å². The van der Waals surface area contributed by atoms with Crippen LogP contribution >= 0.6 is 22.6 Å². The molecule has 2 fully saturated rings. The first-order valence-corrected chi connectivity index (χ1v) is 6.53. The predicted octanol–water partition coefficient (Wildman–Crippen LogP) is -0.940. The maximum absolute atomic E-state index is 9.79. The molecular formula is C9H15IO5. The van der Waals surface area contributed by atoms with Crippen molar-refractivity contribution in [2.45, 2.75) is 43.0 Å². The van der Waals surface area contributed by atoms with Crippen LogP contribution in [0.4, 0.5) is 0 Å². The Labute approximate surface area is 102 Å². The Hall–Kier alpha value is 0.530. The molecule has 2 rings (SSSR count). The molecule has 0 aliphatic carbocycles. The highest BCUT2D eigenvalue weighted by atomic mass is 127. The summed E-state index contributed by atoms with van der Waals surface area (Å²) in [4.78, 5) is 0. The van der Waals surface area contributed by atoms with Crippen LogP contribution < -0.4 is 0 Å². The van der Waals surface area contributed by atoms with Crippen LogP contribution in [0.25, 0.3) is 0 Å². The third kappa shape index (κ3) is 2.16. The summed E-state index contributed by atoms with van der Waals surface area (Å²) < 4.78 is 11.9. The molecule has 0 aromatic heterocycles. The number of ether oxygens (including phenoxy) is 2. The topological polar surface area (TPSA) is 79.2 Å². The van der Waals surface area contributed by atoms with E-state index in [0.717, 1.165) is 4.43 Å². The van der Waals surface area contributed by atoms with Crippen LogP contribution in [-0.2, 0) is 9.47 Å². The van der Waals surface area contributed by atoms with E-state index in [2.05, 4.69) is 22.6 Å². The maximum Gasteiger partial charge on any atom is 0.113 e. The number of alkyl halides is 1. The van der Waals surface area contributed by atoms with Gasteiger partial charge in [0.1, 0.15) is 24.4 Å². The van der Waals surface area contributed by atoms with E-state index >= 15 is 0 Å². The van der Waals surface area contributed by atoms with Gasteiger partial charge in [0.2, 0.25) is 0 Å². The van der Waals surface area contributed by atoms with Crippen molar-refractivity contribution in [3.63, 3.8) is 0 Å². The molecule has 0 aromatic rings. The van der Waals surface area contributed by atoms with Crippen molar-refractivity contribution in [3.8, 4) is 0 Å². The fourth-order valence-corrected chi connectivity index (χ4v) is 2.73. The Balaban J connectivity index is 2.06. The van der Waals surface area contributed by atoms with Gasteiger partial charge in [0, 0.05) is 10.8 Å². The fourth-order valence-electron chi connectivity index (χ4n) is 2.16. The van der Waals surface area contributed by atoms with E-state index < -0.39 is 24.4 Å². The van der Waals surface area contributed by atoms with Crippen molar-refractivity contribution in [3.05, 3.63) is 0 Å². The highest BCUT2D eigenvalue weighted by molar-refractivity contribution is 14.1. The van der Waals surface area contributed by atoms with Crippen molar-refractivity contribution in [2.75, 3.05) is 11.0 Å². The molecular weight excluding hydrogens is 315 g/mol. The lowest BCUT2D eigenvalue weighted by atomic mass is 9.95. The highest BCUT2D eigenvalue weighted by Crippen LogP contribution is 2.33. The Bertz CT molecular complexity index is 227. The van der Waals surface area contributed by atoms with E-state index in [1.165, 1.54) is 0 Å². The molecule has 2 heterocycles. The number of hydrogen-bond donors (Lipinski definition) is 3. The number of hydrogen-bond acceptors (Lipinski definition) is 5. The summed E-state index contributed by atoms with van der Waals surface area (Å²) in [6.07, 6.45) is -2.60. The van der Waals surface area contributed by atoms with Gasteiger partial charge in [-0.1, -0.05) is 22.6 Å². The standard InChI is InChI=1S/C9H15IO5/c10-2-4-1-5-9(14-4)8(13)7(12)6(3-11)15-5/h4-9,11-13H,1-3H2/t4?,5-,6?,7+,8?,9?/m1/s1. The van der Waals surface area contributed by atoms with E-state index in [4.69, 9.17) is 14.6 Å². The second-order valence-electron chi connectivity index (χ2n) is 3.99. The molecule has 2 aliphatic heterocycles. The first kappa shape index (κ1) is 12.0. The number of aliphatic hydroxyl groups excluding tert-OH is 3. The quantitative estimate of drug-likeness (QED) is 0.450. The summed E-state index contributed by atoms with van der Waals surface area (Å²) in [6, 6.07) is 0. The van der Waals surface area contributed by atoms with Crippen LogP contribution in [-0.4, -0.2) is 63.0 Å². The smallest absolute Gasteiger partial charge is 0.113 e. The molecule has 3 N–H and O–H groups in total. The van der Waals surface area contributed by atoms with Gasteiger partial charge in [0.15, 0.2) is 0 Å². The van der Waals surface area contributed by atoms with Crippen LogP contribution in [0.2, 0.25) is 0 Å². The Morgan fingerprint density at radius 2 is 1.93 bits per heavy atom. The van der Waals surface area contributed by atoms with Gasteiger partial charge in [-0.15, -0.1) is 0 Å². The summed E-state index contributed by atoms with van der Waals surface area (Å²) in [5.41, 5.74) is 0. The molecule has 0 saturated carbocycles. The van der Waals surface area contributed by atoms with Crippen molar-refractivity contribution < 1.29 is 24.8 Å². The zero-order valence-electron chi connectivity index (χ0n) is 8.12. The molecule has 6 heteroatoms. The Kier molecular flexibility index (Phi) is 3.84. The summed E-state index contributed by atoms with van der Waals surface area (Å²) in [5, 5.41) is 28.4. The second kappa shape index (κ2) is 4.80. The zero-order chi connectivity index (χ0) is 11.0. The third-order valence-electron chi connectivity index (χ3n) is 2.98. The van der Waals surface area contributed by atoms with E-state index in [0.29, 0.717) is 6.42 Å². The van der Waals surface area contributed by atoms with E-state index in [-0.39, 0.29) is 18.8 Å². The van der Waals surface area contributed by atoms with Crippen molar-refractivity contribution in [2.24, 2.45) is 0 Å². The monoisotopic (exact) mass is 330 g/mol. The largest absolute Gasteiger partial charge is 0.394 e. The van der Waals surface area contributed by atoms with Crippen molar-refractivity contribution >= 4 is 22.6 Å². The lowest BCUT2D eigenvalue weighted by Crippen LogP contribution is -2.57. The highest BCUT2D eigenvalue weighted by Gasteiger charge is 2.49. The second-order valence-corrected chi connectivity index (χ2v) is 4.87. The predicted molar refractivity (Wildman–Crippen MR) is 59.9 cm³/mol. The minimum absolute atomic E-state index is 0.0693. The molecule has 0 radical (unpaired) electrons. The normalized spacial score (nSPS) is 50.4. The van der Waals surface area contributed by atoms with Gasteiger partial charge in [-0.3, -0.25) is 0 Å². The average molecular weight is 330 g/mol. The molecule has 5 nitrogen and oxygen atoms in total. The van der Waals surface area contributed by atoms with Gasteiger partial charge in [-0.05, 0) is 0 Å². The molecule has 4 unspecified atom stereocenters. The molecule has 0 amide bonds. The van der Waals surface area contributed by atoms with Crippen molar-refractivity contribution in [1.82, 2.24) is 0 Å².